The molecule has 2 bridgehead atoms. The van der Waals surface area contributed by atoms with E-state index in [1.54, 1.807) is 11.1 Å². The number of hydrogen-bond acceptors (Lipinski definition) is 1. The highest BCUT2D eigenvalue weighted by Gasteiger charge is 2.44. The van der Waals surface area contributed by atoms with Crippen molar-refractivity contribution in [1.29, 1.82) is 0 Å². The predicted octanol–water partition coefficient (Wildman–Crippen LogP) is 5.65. The van der Waals surface area contributed by atoms with E-state index >= 15 is 0 Å². The van der Waals surface area contributed by atoms with Crippen molar-refractivity contribution in [3.05, 3.63) is 98.6 Å². The molecular weight excluding hydrogens is 364 g/mol. The zero-order valence-corrected chi connectivity index (χ0v) is 18.8. The van der Waals surface area contributed by atoms with Crippen LogP contribution in [0.25, 0.3) is 0 Å². The third kappa shape index (κ3) is 2.27. The Morgan fingerprint density at radius 3 is 1.93 bits per heavy atom. The van der Waals surface area contributed by atoms with Gasteiger partial charge in [0.2, 0.25) is 0 Å². The maximum Gasteiger partial charge on any atom is 0.139 e. The highest BCUT2D eigenvalue weighted by Crippen LogP contribution is 2.57. The van der Waals surface area contributed by atoms with Gasteiger partial charge in [-0.2, -0.15) is 0 Å². The summed E-state index contributed by atoms with van der Waals surface area (Å²) in [6.07, 6.45) is 0. The minimum Gasteiger partial charge on any atom is -0.281 e. The van der Waals surface area contributed by atoms with Gasteiger partial charge in [0.15, 0.2) is 0 Å². The molecule has 0 saturated heterocycles. The van der Waals surface area contributed by atoms with Crippen LogP contribution in [0.3, 0.4) is 0 Å². The first-order valence-electron chi connectivity index (χ1n) is 11.3. The second kappa shape index (κ2) is 6.06. The Morgan fingerprint density at radius 2 is 1.37 bits per heavy atom. The summed E-state index contributed by atoms with van der Waals surface area (Å²) in [4.78, 5) is 2.48. The Hall–Kier alpha value is -2.42. The van der Waals surface area contributed by atoms with Crippen LogP contribution in [-0.4, -0.2) is 32.2 Å². The van der Waals surface area contributed by atoms with Gasteiger partial charge in [-0.15, -0.1) is 0 Å². The van der Waals surface area contributed by atoms with Crippen LogP contribution in [0.2, 0.25) is 0 Å². The van der Waals surface area contributed by atoms with E-state index in [9.17, 15) is 0 Å². The van der Waals surface area contributed by atoms with Gasteiger partial charge in [0, 0.05) is 30.0 Å². The fourth-order valence-corrected chi connectivity index (χ4v) is 6.42. The van der Waals surface area contributed by atoms with E-state index in [4.69, 9.17) is 0 Å². The molecule has 0 amide bonds. The first-order chi connectivity index (χ1) is 14.4. The number of aryl methyl sites for hydroxylation is 2. The first kappa shape index (κ1) is 18.4. The Kier molecular flexibility index (Phi) is 3.71. The fraction of sp³-hybridized carbons (Fsp3) is 0.357. The molecule has 3 atom stereocenters. The van der Waals surface area contributed by atoms with Crippen LogP contribution in [-0.2, 0) is 6.54 Å². The monoisotopic (exact) mass is 395 g/mol. The van der Waals surface area contributed by atoms with Crippen molar-refractivity contribution >= 4 is 5.69 Å². The number of rotatable bonds is 1. The van der Waals surface area contributed by atoms with Gasteiger partial charge in [0.1, 0.15) is 12.4 Å². The summed E-state index contributed by atoms with van der Waals surface area (Å²) in [5.74, 6) is 0.735. The molecule has 3 unspecified atom stereocenters. The Labute approximate surface area is 180 Å². The van der Waals surface area contributed by atoms with Crippen LogP contribution in [0.4, 0.5) is 5.69 Å². The lowest BCUT2D eigenvalue weighted by Gasteiger charge is -2.46. The van der Waals surface area contributed by atoms with Gasteiger partial charge in [-0.25, -0.2) is 0 Å². The van der Waals surface area contributed by atoms with Crippen LogP contribution in [0.1, 0.15) is 68.8 Å². The number of benzene rings is 3. The van der Waals surface area contributed by atoms with Crippen LogP contribution in [0, 0.1) is 13.8 Å². The molecule has 0 radical (unpaired) electrons. The number of quaternary nitrogens is 1. The molecule has 152 valence electrons. The lowest BCUT2D eigenvalue weighted by Crippen LogP contribution is -2.55. The summed E-state index contributed by atoms with van der Waals surface area (Å²) in [7, 11) is 4.66. The molecule has 0 fully saturated rings. The van der Waals surface area contributed by atoms with Crippen molar-refractivity contribution in [3.63, 3.8) is 0 Å². The van der Waals surface area contributed by atoms with Gasteiger partial charge in [-0.1, -0.05) is 36.4 Å². The van der Waals surface area contributed by atoms with Gasteiger partial charge in [-0.3, -0.25) is 9.38 Å². The smallest absolute Gasteiger partial charge is 0.139 e. The molecule has 1 aliphatic heterocycles. The van der Waals surface area contributed by atoms with Crippen molar-refractivity contribution < 1.29 is 0 Å². The molecule has 3 aromatic carbocycles. The normalized spacial score (nSPS) is 26.0. The van der Waals surface area contributed by atoms with Crippen LogP contribution >= 0.6 is 0 Å². The highest BCUT2D eigenvalue weighted by atomic mass is 15.4. The lowest BCUT2D eigenvalue weighted by atomic mass is 9.60. The summed E-state index contributed by atoms with van der Waals surface area (Å²) >= 11 is 0. The average Bonchev–Trinajstić information content (AvgIpc) is 2.73. The summed E-state index contributed by atoms with van der Waals surface area (Å²) in [5, 5.41) is 0. The maximum absolute atomic E-state index is 2.59. The number of fused-ring (bicyclic) bond motifs is 1. The molecule has 2 heteroatoms. The van der Waals surface area contributed by atoms with E-state index in [1.165, 1.54) is 44.6 Å². The fourth-order valence-electron chi connectivity index (χ4n) is 6.42. The molecule has 30 heavy (non-hydrogen) atoms. The molecule has 0 spiro atoms. The van der Waals surface area contributed by atoms with Gasteiger partial charge >= 0.3 is 0 Å². The summed E-state index contributed by atoms with van der Waals surface area (Å²) < 4.78 is 0.998. The van der Waals surface area contributed by atoms with E-state index in [0.29, 0.717) is 11.8 Å². The second-order valence-corrected chi connectivity index (χ2v) is 10.0. The minimum atomic E-state index is 0.366. The molecule has 2 nitrogen and oxygen atoms in total. The number of nitrogens with zero attached hydrogens (tertiary/aromatic N) is 2. The average molecular weight is 396 g/mol. The molecule has 0 saturated carbocycles. The molecule has 3 aliphatic carbocycles. The van der Waals surface area contributed by atoms with Gasteiger partial charge in [0.25, 0.3) is 0 Å². The van der Waals surface area contributed by atoms with Crippen LogP contribution in [0.5, 0.6) is 0 Å². The SMILES string of the molecule is CC[N+]1(C)CN(C)Cc2cc3c(cc21)C1c2ccccc2C3c2cc(C)c(C)cc21. The Balaban J connectivity index is 1.66. The standard InChI is InChI=1S/C28H31N2/c1-6-30(5)16-29(4)15-19-13-24-25(14-26(19)30)28-21-10-8-7-9-20(21)27(24)22-11-17(2)18(3)12-23(22)28/h7-14,27-28H,6,15-16H2,1-5H3/q+1. The topological polar surface area (TPSA) is 3.24 Å². The Bertz CT molecular complexity index is 1210. The van der Waals surface area contributed by atoms with E-state index in [2.05, 4.69) is 88.3 Å². The largest absolute Gasteiger partial charge is 0.281 e. The van der Waals surface area contributed by atoms with Gasteiger partial charge in [-0.05, 0) is 78.4 Å². The zero-order chi connectivity index (χ0) is 20.8. The molecule has 7 rings (SSSR count). The van der Waals surface area contributed by atoms with Crippen molar-refractivity contribution in [3.8, 4) is 0 Å². The molecule has 1 heterocycles. The van der Waals surface area contributed by atoms with E-state index in [-0.39, 0.29) is 0 Å². The minimum absolute atomic E-state index is 0.366. The molecule has 4 aliphatic rings. The molecule has 3 aromatic rings. The third-order valence-corrected chi connectivity index (χ3v) is 8.12. The quantitative estimate of drug-likeness (QED) is 0.332. The van der Waals surface area contributed by atoms with Crippen molar-refractivity contribution in [2.75, 3.05) is 27.3 Å². The second-order valence-electron chi connectivity index (χ2n) is 10.0. The molecular formula is C28H31N2+. The third-order valence-electron chi connectivity index (χ3n) is 8.12. The Morgan fingerprint density at radius 1 is 0.833 bits per heavy atom. The summed E-state index contributed by atoms with van der Waals surface area (Å²) in [6, 6.07) is 19.3. The summed E-state index contributed by atoms with van der Waals surface area (Å²) in [5.41, 5.74) is 15.1. The van der Waals surface area contributed by atoms with Gasteiger partial charge < -0.3 is 0 Å². The van der Waals surface area contributed by atoms with Crippen LogP contribution < -0.4 is 4.48 Å². The zero-order valence-electron chi connectivity index (χ0n) is 18.8. The predicted molar refractivity (Wildman–Crippen MR) is 125 cm³/mol. The molecule has 0 aromatic heterocycles. The van der Waals surface area contributed by atoms with Crippen molar-refractivity contribution in [1.82, 2.24) is 9.38 Å². The number of hydrogen-bond donors (Lipinski definition) is 0. The van der Waals surface area contributed by atoms with Crippen LogP contribution in [0.15, 0.2) is 48.5 Å². The highest BCUT2D eigenvalue weighted by molar-refractivity contribution is 5.72. The van der Waals surface area contributed by atoms with E-state index in [0.717, 1.165) is 24.2 Å². The van der Waals surface area contributed by atoms with Gasteiger partial charge in [0.05, 0.1) is 13.6 Å². The first-order valence-corrected chi connectivity index (χ1v) is 11.3. The summed E-state index contributed by atoms with van der Waals surface area (Å²) in [6.45, 7) is 10.1. The lowest BCUT2D eigenvalue weighted by molar-refractivity contribution is 0.163. The maximum atomic E-state index is 2.59. The molecule has 0 N–H and O–H groups in total. The van der Waals surface area contributed by atoms with Crippen molar-refractivity contribution in [2.45, 2.75) is 39.2 Å². The van der Waals surface area contributed by atoms with E-state index in [1.807, 2.05) is 0 Å². The van der Waals surface area contributed by atoms with E-state index < -0.39 is 0 Å². The van der Waals surface area contributed by atoms with Crippen molar-refractivity contribution in [2.24, 2.45) is 0 Å².